The molecule has 0 bridgehead atoms. The molecule has 2 aromatic carbocycles. The number of hydrogen-bond donors (Lipinski definition) is 2. The first-order valence-electron chi connectivity index (χ1n) is 7.36. The second-order valence-corrected chi connectivity index (χ2v) is 5.89. The summed E-state index contributed by atoms with van der Waals surface area (Å²) in [5.41, 5.74) is 1.17. The first-order valence-corrected chi connectivity index (χ1v) is 8.18. The quantitative estimate of drug-likeness (QED) is 0.759. The van der Waals surface area contributed by atoms with Gasteiger partial charge in [-0.05, 0) is 37.3 Å². The zero-order chi connectivity index (χ0) is 16.9. The lowest BCUT2D eigenvalue weighted by Gasteiger charge is -2.03. The predicted octanol–water partition coefficient (Wildman–Crippen LogP) is 3.66. The third kappa shape index (κ3) is 3.69. The summed E-state index contributed by atoms with van der Waals surface area (Å²) in [6.07, 6.45) is 0. The number of anilines is 1. The first-order chi connectivity index (χ1) is 11.7. The number of hydrogen-bond acceptors (Lipinski definition) is 5. The molecular formula is C17H15N3O3S. The number of benzene rings is 2. The van der Waals surface area contributed by atoms with Gasteiger partial charge in [-0.25, -0.2) is 9.78 Å². The largest absolute Gasteiger partial charge is 0.494 e. The van der Waals surface area contributed by atoms with E-state index in [9.17, 15) is 9.59 Å². The summed E-state index contributed by atoms with van der Waals surface area (Å²) in [7, 11) is 0. The average Bonchev–Trinajstić information content (AvgIpc) is 2.97. The summed E-state index contributed by atoms with van der Waals surface area (Å²) < 4.78 is 6.33. The molecule has 0 spiro atoms. The lowest BCUT2D eigenvalue weighted by Crippen LogP contribution is -2.34. The van der Waals surface area contributed by atoms with Crippen LogP contribution >= 0.6 is 11.3 Å². The van der Waals surface area contributed by atoms with Gasteiger partial charge < -0.3 is 4.74 Å². The van der Waals surface area contributed by atoms with Gasteiger partial charge >= 0.3 is 6.03 Å². The van der Waals surface area contributed by atoms with Crippen molar-refractivity contribution in [1.29, 1.82) is 0 Å². The van der Waals surface area contributed by atoms with Gasteiger partial charge in [0.15, 0.2) is 5.13 Å². The zero-order valence-corrected chi connectivity index (χ0v) is 13.7. The minimum Gasteiger partial charge on any atom is -0.494 e. The number of carbonyl (C=O) groups is 2. The molecule has 0 saturated carbocycles. The number of imide groups is 1. The number of amides is 3. The van der Waals surface area contributed by atoms with Crippen molar-refractivity contribution < 1.29 is 14.3 Å². The van der Waals surface area contributed by atoms with Crippen LogP contribution in [0.25, 0.3) is 10.2 Å². The molecule has 2 N–H and O–H groups in total. The molecule has 0 radical (unpaired) electrons. The van der Waals surface area contributed by atoms with Crippen molar-refractivity contribution in [3.05, 3.63) is 54.1 Å². The molecule has 0 saturated heterocycles. The monoisotopic (exact) mass is 341 g/mol. The van der Waals surface area contributed by atoms with E-state index in [2.05, 4.69) is 15.6 Å². The van der Waals surface area contributed by atoms with Gasteiger partial charge in [0.25, 0.3) is 5.91 Å². The standard InChI is InChI=1S/C17H15N3O3S/c1-2-23-12-8-9-13-14(10-12)24-17(18-13)20-16(22)19-15(21)11-6-4-3-5-7-11/h3-10H,2H2,1H3,(H2,18,19,20,21,22). The fraction of sp³-hybridized carbons (Fsp3) is 0.118. The lowest BCUT2D eigenvalue weighted by atomic mass is 10.2. The third-order valence-electron chi connectivity index (χ3n) is 3.15. The van der Waals surface area contributed by atoms with Crippen LogP contribution in [0.2, 0.25) is 0 Å². The Hall–Kier alpha value is -2.93. The molecule has 3 aromatic rings. The number of thiazole rings is 1. The first kappa shape index (κ1) is 15.9. The molecule has 0 unspecified atom stereocenters. The second-order valence-electron chi connectivity index (χ2n) is 4.86. The van der Waals surface area contributed by atoms with Gasteiger partial charge in [-0.3, -0.25) is 15.4 Å². The minimum absolute atomic E-state index is 0.414. The normalized spacial score (nSPS) is 10.4. The highest BCUT2D eigenvalue weighted by Crippen LogP contribution is 2.29. The number of nitrogens with zero attached hydrogens (tertiary/aromatic N) is 1. The topological polar surface area (TPSA) is 80.3 Å². The zero-order valence-electron chi connectivity index (χ0n) is 12.9. The van der Waals surface area contributed by atoms with E-state index < -0.39 is 11.9 Å². The molecule has 1 heterocycles. The molecular weight excluding hydrogens is 326 g/mol. The Labute approximate surface area is 142 Å². The van der Waals surface area contributed by atoms with Crippen LogP contribution in [-0.4, -0.2) is 23.5 Å². The Kier molecular flexibility index (Phi) is 4.72. The highest BCUT2D eigenvalue weighted by Gasteiger charge is 2.12. The number of rotatable bonds is 4. The van der Waals surface area contributed by atoms with E-state index in [4.69, 9.17) is 4.74 Å². The Bertz CT molecular complexity index is 877. The third-order valence-corrected chi connectivity index (χ3v) is 4.09. The van der Waals surface area contributed by atoms with E-state index in [0.717, 1.165) is 16.0 Å². The van der Waals surface area contributed by atoms with Gasteiger partial charge in [0.1, 0.15) is 5.75 Å². The van der Waals surface area contributed by atoms with Crippen molar-refractivity contribution in [2.45, 2.75) is 6.92 Å². The molecule has 122 valence electrons. The maximum atomic E-state index is 11.9. The van der Waals surface area contributed by atoms with Gasteiger partial charge in [-0.1, -0.05) is 29.5 Å². The molecule has 6 nitrogen and oxygen atoms in total. The molecule has 0 aliphatic carbocycles. The van der Waals surface area contributed by atoms with E-state index in [1.165, 1.54) is 11.3 Å². The molecule has 0 aliphatic rings. The molecule has 3 rings (SSSR count). The fourth-order valence-electron chi connectivity index (χ4n) is 2.11. The summed E-state index contributed by atoms with van der Waals surface area (Å²) in [6, 6.07) is 13.4. The Morgan fingerprint density at radius 2 is 1.96 bits per heavy atom. The van der Waals surface area contributed by atoms with Gasteiger partial charge in [0, 0.05) is 5.56 Å². The van der Waals surface area contributed by atoms with Gasteiger partial charge in [-0.2, -0.15) is 0 Å². The van der Waals surface area contributed by atoms with Crippen molar-refractivity contribution >= 4 is 38.6 Å². The SMILES string of the molecule is CCOc1ccc2nc(NC(=O)NC(=O)c3ccccc3)sc2c1. The summed E-state index contributed by atoms with van der Waals surface area (Å²) >= 11 is 1.31. The smallest absolute Gasteiger partial charge is 0.327 e. The van der Waals surface area contributed by atoms with Crippen LogP contribution in [0.15, 0.2) is 48.5 Å². The minimum atomic E-state index is -0.618. The van der Waals surface area contributed by atoms with Crippen LogP contribution in [0, 0.1) is 0 Å². The van der Waals surface area contributed by atoms with Crippen LogP contribution < -0.4 is 15.4 Å². The van der Waals surface area contributed by atoms with Gasteiger partial charge in [0.2, 0.25) is 0 Å². The number of ether oxygens (including phenoxy) is 1. The number of urea groups is 1. The Morgan fingerprint density at radius 3 is 2.71 bits per heavy atom. The summed E-state index contributed by atoms with van der Waals surface area (Å²) in [5, 5.41) is 5.27. The second kappa shape index (κ2) is 7.10. The summed E-state index contributed by atoms with van der Waals surface area (Å²) in [4.78, 5) is 28.2. The highest BCUT2D eigenvalue weighted by atomic mass is 32.1. The van der Waals surface area contributed by atoms with Crippen LogP contribution in [-0.2, 0) is 0 Å². The fourth-order valence-corrected chi connectivity index (χ4v) is 3.00. The summed E-state index contributed by atoms with van der Waals surface area (Å²) in [5.74, 6) is 0.289. The van der Waals surface area contributed by atoms with Crippen molar-refractivity contribution in [1.82, 2.24) is 10.3 Å². The number of aromatic nitrogens is 1. The molecule has 0 aliphatic heterocycles. The van der Waals surface area contributed by atoms with Crippen molar-refractivity contribution in [3.63, 3.8) is 0 Å². The predicted molar refractivity (Wildman–Crippen MR) is 93.7 cm³/mol. The number of carbonyl (C=O) groups excluding carboxylic acids is 2. The maximum absolute atomic E-state index is 11.9. The van der Waals surface area contributed by atoms with Crippen LogP contribution in [0.5, 0.6) is 5.75 Å². The van der Waals surface area contributed by atoms with Crippen molar-refractivity contribution in [2.24, 2.45) is 0 Å². The number of fused-ring (bicyclic) bond motifs is 1. The van der Waals surface area contributed by atoms with Crippen LogP contribution in [0.4, 0.5) is 9.93 Å². The lowest BCUT2D eigenvalue weighted by molar-refractivity contribution is 0.0967. The van der Waals surface area contributed by atoms with Crippen molar-refractivity contribution in [3.8, 4) is 5.75 Å². The van der Waals surface area contributed by atoms with E-state index in [1.807, 2.05) is 25.1 Å². The Morgan fingerprint density at radius 1 is 1.17 bits per heavy atom. The molecule has 0 atom stereocenters. The molecule has 1 aromatic heterocycles. The molecule has 7 heteroatoms. The average molecular weight is 341 g/mol. The maximum Gasteiger partial charge on any atom is 0.327 e. The number of nitrogens with one attached hydrogen (secondary N) is 2. The van der Waals surface area contributed by atoms with E-state index in [-0.39, 0.29) is 0 Å². The van der Waals surface area contributed by atoms with E-state index >= 15 is 0 Å². The molecule has 3 amide bonds. The van der Waals surface area contributed by atoms with Gasteiger partial charge in [0.05, 0.1) is 16.8 Å². The highest BCUT2D eigenvalue weighted by molar-refractivity contribution is 7.22. The van der Waals surface area contributed by atoms with Crippen LogP contribution in [0.1, 0.15) is 17.3 Å². The van der Waals surface area contributed by atoms with E-state index in [1.54, 1.807) is 30.3 Å². The van der Waals surface area contributed by atoms with Gasteiger partial charge in [-0.15, -0.1) is 0 Å². The molecule has 0 fully saturated rings. The van der Waals surface area contributed by atoms with Crippen LogP contribution in [0.3, 0.4) is 0 Å². The van der Waals surface area contributed by atoms with Crippen molar-refractivity contribution in [2.75, 3.05) is 11.9 Å². The van der Waals surface area contributed by atoms with E-state index in [0.29, 0.717) is 17.3 Å². The summed E-state index contributed by atoms with van der Waals surface area (Å²) in [6.45, 7) is 2.50. The Balaban J connectivity index is 1.68. The molecule has 24 heavy (non-hydrogen) atoms.